The highest BCUT2D eigenvalue weighted by molar-refractivity contribution is 5.84. The Morgan fingerprint density at radius 3 is 2.82 bits per heavy atom. The summed E-state index contributed by atoms with van der Waals surface area (Å²) in [7, 11) is 1.89. The zero-order valence-corrected chi connectivity index (χ0v) is 16.4. The summed E-state index contributed by atoms with van der Waals surface area (Å²) in [6.45, 7) is 2.45. The summed E-state index contributed by atoms with van der Waals surface area (Å²) in [6.07, 6.45) is 6.30. The largest absolute Gasteiger partial charge is 0.482 e. The van der Waals surface area contributed by atoms with Gasteiger partial charge in [-0.1, -0.05) is 44.0 Å². The molecule has 1 aromatic carbocycles. The van der Waals surface area contributed by atoms with Crippen LogP contribution in [-0.2, 0) is 6.61 Å². The van der Waals surface area contributed by atoms with E-state index in [1.807, 2.05) is 42.3 Å². The van der Waals surface area contributed by atoms with E-state index < -0.39 is 0 Å². The molecule has 0 unspecified atom stereocenters. The third-order valence-corrected chi connectivity index (χ3v) is 4.86. The van der Waals surface area contributed by atoms with Crippen molar-refractivity contribution in [2.75, 3.05) is 24.3 Å². The fourth-order valence-electron chi connectivity index (χ4n) is 3.19. The zero-order chi connectivity index (χ0) is 19.9. The Morgan fingerprint density at radius 1 is 1.21 bits per heavy atom. The topological polar surface area (TPSA) is 97.4 Å². The van der Waals surface area contributed by atoms with Gasteiger partial charge in [0.15, 0.2) is 11.6 Å². The minimum atomic E-state index is -0.0627. The van der Waals surface area contributed by atoms with Crippen LogP contribution in [0, 0.1) is 0 Å². The monoisotopic (exact) mass is 381 g/mol. The van der Waals surface area contributed by atoms with Crippen molar-refractivity contribution in [2.24, 2.45) is 0 Å². The number of nitrogens with zero attached hydrogens (tertiary/aromatic N) is 4. The lowest BCUT2D eigenvalue weighted by atomic mass is 10.1. The second kappa shape index (κ2) is 9.32. The molecular formula is C21H27N5O2. The van der Waals surface area contributed by atoms with Crippen LogP contribution in [0.4, 0.5) is 11.8 Å². The number of benzene rings is 1. The van der Waals surface area contributed by atoms with Gasteiger partial charge in [0.25, 0.3) is 0 Å². The first-order valence-electron chi connectivity index (χ1n) is 9.55. The average molecular weight is 381 g/mol. The molecule has 28 heavy (non-hydrogen) atoms. The Hall–Kier alpha value is -2.93. The Bertz CT molecular complexity index is 913. The molecule has 0 saturated carbocycles. The summed E-state index contributed by atoms with van der Waals surface area (Å²) >= 11 is 0. The van der Waals surface area contributed by atoms with Crippen LogP contribution >= 0.6 is 0 Å². The van der Waals surface area contributed by atoms with Gasteiger partial charge in [-0.05, 0) is 17.9 Å². The van der Waals surface area contributed by atoms with Crippen LogP contribution in [0.15, 0.2) is 42.7 Å². The summed E-state index contributed by atoms with van der Waals surface area (Å²) in [4.78, 5) is 14.8. The lowest BCUT2D eigenvalue weighted by molar-refractivity contribution is 0.251. The van der Waals surface area contributed by atoms with Gasteiger partial charge in [-0.3, -0.25) is 4.98 Å². The first-order valence-corrected chi connectivity index (χ1v) is 9.55. The third kappa shape index (κ3) is 4.48. The van der Waals surface area contributed by atoms with Gasteiger partial charge in [0.1, 0.15) is 6.61 Å². The molecule has 3 aromatic rings. The Labute approximate surface area is 165 Å². The van der Waals surface area contributed by atoms with E-state index in [2.05, 4.69) is 21.9 Å². The number of ether oxygens (including phenoxy) is 1. The normalized spacial score (nSPS) is 12.1. The molecule has 0 bridgehead atoms. The van der Waals surface area contributed by atoms with Crippen LogP contribution in [0.5, 0.6) is 5.75 Å². The smallest absolute Gasteiger partial charge is 0.222 e. The predicted molar refractivity (Wildman–Crippen MR) is 111 cm³/mol. The van der Waals surface area contributed by atoms with E-state index in [1.54, 1.807) is 12.4 Å². The van der Waals surface area contributed by atoms with Gasteiger partial charge < -0.3 is 20.5 Å². The molecular weight excluding hydrogens is 354 g/mol. The van der Waals surface area contributed by atoms with Crippen molar-refractivity contribution in [1.29, 1.82) is 0 Å². The van der Waals surface area contributed by atoms with Crippen molar-refractivity contribution in [3.63, 3.8) is 0 Å². The highest BCUT2D eigenvalue weighted by Crippen LogP contribution is 2.29. The van der Waals surface area contributed by atoms with E-state index >= 15 is 0 Å². The van der Waals surface area contributed by atoms with Crippen LogP contribution < -0.4 is 15.4 Å². The van der Waals surface area contributed by atoms with Crippen molar-refractivity contribution in [3.05, 3.63) is 48.4 Å². The molecule has 0 radical (unpaired) electrons. The Balaban J connectivity index is 1.84. The second-order valence-corrected chi connectivity index (χ2v) is 6.77. The number of unbranched alkanes of at least 4 members (excludes halogenated alkanes) is 1. The molecule has 0 saturated heterocycles. The number of fused-ring (bicyclic) bond motifs is 1. The molecule has 3 rings (SSSR count). The number of hydrogen-bond donors (Lipinski definition) is 2. The van der Waals surface area contributed by atoms with Gasteiger partial charge in [0, 0.05) is 18.6 Å². The summed E-state index contributed by atoms with van der Waals surface area (Å²) in [5.74, 6) is 1.26. The number of aromatic nitrogens is 3. The molecule has 0 aliphatic rings. The summed E-state index contributed by atoms with van der Waals surface area (Å²) < 4.78 is 6.04. The van der Waals surface area contributed by atoms with Crippen LogP contribution in [0.3, 0.4) is 0 Å². The molecule has 0 amide bonds. The maximum absolute atomic E-state index is 9.80. The molecule has 3 N–H and O–H groups in total. The number of nitrogens with two attached hydrogens (primary N) is 1. The molecule has 148 valence electrons. The highest BCUT2D eigenvalue weighted by atomic mass is 16.5. The van der Waals surface area contributed by atoms with E-state index in [0.29, 0.717) is 11.6 Å². The van der Waals surface area contributed by atoms with Gasteiger partial charge in [0.2, 0.25) is 5.95 Å². The summed E-state index contributed by atoms with van der Waals surface area (Å²) in [5, 5.41) is 12.0. The fraction of sp³-hybridized carbons (Fsp3) is 0.381. The highest BCUT2D eigenvalue weighted by Gasteiger charge is 2.20. The lowest BCUT2D eigenvalue weighted by Crippen LogP contribution is -2.35. The third-order valence-electron chi connectivity index (χ3n) is 4.86. The zero-order valence-electron chi connectivity index (χ0n) is 16.4. The minimum Gasteiger partial charge on any atom is -0.482 e. The lowest BCUT2D eigenvalue weighted by Gasteiger charge is -2.29. The SMILES string of the molecule is CCCC[C@@H](CO)N(C)c1nc(N)ncc1OCc1nccc2ccccc12. The standard InChI is InChI=1S/C21H27N5O2/c1-3-4-8-16(13-27)26(2)20-19(12-24-21(22)25-20)28-14-18-17-9-6-5-7-15(17)10-11-23-18/h5-7,9-12,16,27H,3-4,8,13-14H2,1-2H3,(H2,22,24,25)/t16-/m0/s1. The van der Waals surface area contributed by atoms with Gasteiger partial charge in [-0.25, -0.2) is 4.98 Å². The Kier molecular flexibility index (Phi) is 6.60. The quantitative estimate of drug-likeness (QED) is 0.587. The number of rotatable bonds is 9. The van der Waals surface area contributed by atoms with Gasteiger partial charge in [0.05, 0.1) is 24.5 Å². The molecule has 7 nitrogen and oxygen atoms in total. The molecule has 0 aliphatic heterocycles. The van der Waals surface area contributed by atoms with Crippen molar-refractivity contribution < 1.29 is 9.84 Å². The molecule has 2 heterocycles. The maximum Gasteiger partial charge on any atom is 0.222 e. The predicted octanol–water partition coefficient (Wildman–Crippen LogP) is 3.17. The maximum atomic E-state index is 9.80. The van der Waals surface area contributed by atoms with Crippen molar-refractivity contribution in [3.8, 4) is 5.75 Å². The first kappa shape index (κ1) is 19.8. The number of aliphatic hydroxyl groups excluding tert-OH is 1. The molecule has 7 heteroatoms. The molecule has 0 spiro atoms. The van der Waals surface area contributed by atoms with Gasteiger partial charge >= 0.3 is 0 Å². The number of nitrogen functional groups attached to an aromatic ring is 1. The molecule has 0 fully saturated rings. The van der Waals surface area contributed by atoms with Crippen molar-refractivity contribution in [2.45, 2.75) is 38.8 Å². The number of anilines is 2. The second-order valence-electron chi connectivity index (χ2n) is 6.77. The average Bonchev–Trinajstić information content (AvgIpc) is 2.73. The Morgan fingerprint density at radius 2 is 2.04 bits per heavy atom. The first-order chi connectivity index (χ1) is 13.6. The number of aliphatic hydroxyl groups is 1. The number of hydrogen-bond acceptors (Lipinski definition) is 7. The van der Waals surface area contributed by atoms with Crippen molar-refractivity contribution >= 4 is 22.5 Å². The van der Waals surface area contributed by atoms with Crippen molar-refractivity contribution in [1.82, 2.24) is 15.0 Å². The van der Waals surface area contributed by atoms with E-state index in [4.69, 9.17) is 10.5 Å². The summed E-state index contributed by atoms with van der Waals surface area (Å²) in [6, 6.07) is 9.97. The molecule has 0 aliphatic carbocycles. The van der Waals surface area contributed by atoms with E-state index in [1.165, 1.54) is 0 Å². The minimum absolute atomic E-state index is 0.0325. The van der Waals surface area contributed by atoms with Crippen LogP contribution in [0.25, 0.3) is 10.8 Å². The van der Waals surface area contributed by atoms with Crippen LogP contribution in [0.2, 0.25) is 0 Å². The number of pyridine rings is 1. The van der Waals surface area contributed by atoms with E-state index in [0.717, 1.165) is 35.7 Å². The molecule has 1 atom stereocenters. The van der Waals surface area contributed by atoms with E-state index in [9.17, 15) is 5.11 Å². The summed E-state index contributed by atoms with van der Waals surface area (Å²) in [5.41, 5.74) is 6.65. The van der Waals surface area contributed by atoms with Gasteiger partial charge in [-0.15, -0.1) is 0 Å². The van der Waals surface area contributed by atoms with Crippen LogP contribution in [0.1, 0.15) is 31.9 Å². The number of likely N-dealkylation sites (N-methyl/N-ethyl adjacent to an activating group) is 1. The van der Waals surface area contributed by atoms with Gasteiger partial charge in [-0.2, -0.15) is 4.98 Å². The molecule has 2 aromatic heterocycles. The van der Waals surface area contributed by atoms with E-state index in [-0.39, 0.29) is 25.2 Å². The van der Waals surface area contributed by atoms with Crippen LogP contribution in [-0.4, -0.2) is 39.8 Å². The fourth-order valence-corrected chi connectivity index (χ4v) is 3.19.